The smallest absolute Gasteiger partial charge is 0.271 e. The minimum absolute atomic E-state index is 0.0518. The van der Waals surface area contributed by atoms with Gasteiger partial charge in [-0.15, -0.1) is 0 Å². The Morgan fingerprint density at radius 2 is 1.79 bits per heavy atom. The van der Waals surface area contributed by atoms with Crippen molar-refractivity contribution in [2.24, 2.45) is 5.10 Å². The first-order chi connectivity index (χ1) is 13.3. The van der Waals surface area contributed by atoms with Crippen LogP contribution in [-0.4, -0.2) is 35.6 Å². The fraction of sp³-hybridized carbons (Fsp3) is 0.211. The molecule has 2 N–H and O–H groups in total. The molecular formula is C19H20N4O5. The van der Waals surface area contributed by atoms with Gasteiger partial charge in [0.1, 0.15) is 5.75 Å². The Balaban J connectivity index is 1.84. The molecule has 0 saturated carbocycles. The summed E-state index contributed by atoms with van der Waals surface area (Å²) in [5.74, 6) is -0.150. The molecule has 2 aromatic carbocycles. The average molecular weight is 384 g/mol. The van der Waals surface area contributed by atoms with Gasteiger partial charge in [0.05, 0.1) is 11.1 Å². The lowest BCUT2D eigenvalue weighted by Gasteiger charge is -2.09. The number of hydrogen-bond donors (Lipinski definition) is 2. The van der Waals surface area contributed by atoms with Crippen LogP contribution in [0.2, 0.25) is 0 Å². The Morgan fingerprint density at radius 1 is 1.14 bits per heavy atom. The van der Waals surface area contributed by atoms with E-state index in [1.165, 1.54) is 30.5 Å². The first-order valence-corrected chi connectivity index (χ1v) is 8.45. The maximum Gasteiger partial charge on any atom is 0.271 e. The van der Waals surface area contributed by atoms with Crippen LogP contribution in [0.3, 0.4) is 0 Å². The van der Waals surface area contributed by atoms with Crippen LogP contribution in [0.1, 0.15) is 29.8 Å². The fourth-order valence-corrected chi connectivity index (χ4v) is 2.13. The van der Waals surface area contributed by atoms with Gasteiger partial charge in [-0.2, -0.15) is 5.10 Å². The highest BCUT2D eigenvalue weighted by molar-refractivity contribution is 5.95. The zero-order valence-electron chi connectivity index (χ0n) is 15.4. The van der Waals surface area contributed by atoms with Crippen molar-refractivity contribution in [3.63, 3.8) is 0 Å². The van der Waals surface area contributed by atoms with Crippen LogP contribution in [0.25, 0.3) is 0 Å². The first kappa shape index (κ1) is 20.6. The summed E-state index contributed by atoms with van der Waals surface area (Å²) >= 11 is 0. The lowest BCUT2D eigenvalue weighted by molar-refractivity contribution is -0.384. The largest absolute Gasteiger partial charge is 0.484 e. The Morgan fingerprint density at radius 3 is 2.36 bits per heavy atom. The van der Waals surface area contributed by atoms with Gasteiger partial charge in [0.2, 0.25) is 0 Å². The molecule has 9 heteroatoms. The Hall–Kier alpha value is -3.75. The topological polar surface area (TPSA) is 123 Å². The molecule has 2 amide bonds. The molecule has 0 unspecified atom stereocenters. The number of ether oxygens (including phenoxy) is 1. The summed E-state index contributed by atoms with van der Waals surface area (Å²) in [6.07, 6.45) is 1.44. The zero-order valence-corrected chi connectivity index (χ0v) is 15.4. The van der Waals surface area contributed by atoms with Crippen molar-refractivity contribution in [2.75, 3.05) is 6.61 Å². The summed E-state index contributed by atoms with van der Waals surface area (Å²) in [6, 6.07) is 12.1. The summed E-state index contributed by atoms with van der Waals surface area (Å²) in [7, 11) is 0. The molecule has 0 aliphatic carbocycles. The molecule has 28 heavy (non-hydrogen) atoms. The van der Waals surface area contributed by atoms with Gasteiger partial charge in [-0.1, -0.05) is 0 Å². The van der Waals surface area contributed by atoms with E-state index >= 15 is 0 Å². The molecule has 146 valence electrons. The van der Waals surface area contributed by atoms with E-state index in [9.17, 15) is 19.7 Å². The third-order valence-corrected chi connectivity index (χ3v) is 3.42. The van der Waals surface area contributed by atoms with Crippen LogP contribution in [0, 0.1) is 10.1 Å². The van der Waals surface area contributed by atoms with E-state index < -0.39 is 10.8 Å². The fourth-order valence-electron chi connectivity index (χ4n) is 2.13. The van der Waals surface area contributed by atoms with Crippen LogP contribution in [0.15, 0.2) is 53.6 Å². The third-order valence-electron chi connectivity index (χ3n) is 3.42. The van der Waals surface area contributed by atoms with Crippen LogP contribution in [0.5, 0.6) is 5.75 Å². The van der Waals surface area contributed by atoms with Crippen molar-refractivity contribution in [1.29, 1.82) is 0 Å². The minimum atomic E-state index is -0.538. The van der Waals surface area contributed by atoms with Crippen LogP contribution in [0.4, 0.5) is 5.69 Å². The number of amides is 2. The van der Waals surface area contributed by atoms with Gasteiger partial charge in [-0.25, -0.2) is 5.43 Å². The summed E-state index contributed by atoms with van der Waals surface area (Å²) in [5.41, 5.74) is 3.22. The van der Waals surface area contributed by atoms with E-state index in [2.05, 4.69) is 15.8 Å². The van der Waals surface area contributed by atoms with Gasteiger partial charge in [-0.3, -0.25) is 19.7 Å². The molecule has 0 fully saturated rings. The Kier molecular flexibility index (Phi) is 7.21. The highest BCUT2D eigenvalue weighted by Gasteiger charge is 2.08. The number of carbonyl (C=O) groups is 2. The minimum Gasteiger partial charge on any atom is -0.484 e. The van der Waals surface area contributed by atoms with Crippen molar-refractivity contribution in [3.8, 4) is 5.75 Å². The zero-order chi connectivity index (χ0) is 20.5. The molecule has 0 radical (unpaired) electrons. The number of non-ortho nitro benzene ring substituents is 1. The van der Waals surface area contributed by atoms with Crippen molar-refractivity contribution in [1.82, 2.24) is 10.7 Å². The van der Waals surface area contributed by atoms with Gasteiger partial charge in [0.25, 0.3) is 17.5 Å². The number of hydrazone groups is 1. The second-order valence-corrected chi connectivity index (χ2v) is 6.08. The first-order valence-electron chi connectivity index (χ1n) is 8.45. The molecule has 0 atom stereocenters. The molecule has 0 bridgehead atoms. The number of carbonyl (C=O) groups excluding carboxylic acids is 2. The maximum atomic E-state index is 11.9. The second-order valence-electron chi connectivity index (χ2n) is 6.08. The molecule has 2 rings (SSSR count). The van der Waals surface area contributed by atoms with Crippen molar-refractivity contribution < 1.29 is 19.2 Å². The molecule has 0 aromatic heterocycles. The van der Waals surface area contributed by atoms with Gasteiger partial charge in [0, 0.05) is 23.7 Å². The summed E-state index contributed by atoms with van der Waals surface area (Å²) in [5, 5.41) is 17.2. The van der Waals surface area contributed by atoms with E-state index in [1.807, 2.05) is 13.8 Å². The molecule has 2 aromatic rings. The van der Waals surface area contributed by atoms with Gasteiger partial charge < -0.3 is 10.1 Å². The van der Waals surface area contributed by atoms with Crippen molar-refractivity contribution in [2.45, 2.75) is 19.9 Å². The predicted octanol–water partition coefficient (Wildman–Crippen LogP) is 2.26. The average Bonchev–Trinajstić information content (AvgIpc) is 2.67. The van der Waals surface area contributed by atoms with Crippen LogP contribution < -0.4 is 15.5 Å². The molecule has 9 nitrogen and oxygen atoms in total. The normalized spacial score (nSPS) is 10.7. The van der Waals surface area contributed by atoms with Crippen LogP contribution in [-0.2, 0) is 4.79 Å². The van der Waals surface area contributed by atoms with E-state index in [0.717, 1.165) is 0 Å². The number of nitrogens with one attached hydrogen (secondary N) is 2. The Bertz CT molecular complexity index is 861. The molecule has 0 heterocycles. The predicted molar refractivity (Wildman–Crippen MR) is 103 cm³/mol. The number of nitro groups is 1. The molecule has 0 aliphatic heterocycles. The standard InChI is InChI=1S/C19H20N4O5/c1-13(2)21-18(24)12-28-17-9-3-14(4-10-17)11-20-22-19(25)15-5-7-16(8-6-15)23(26)27/h3-11,13H,12H2,1-2H3,(H,21,24)(H,22,25)/b20-11+. The number of rotatable bonds is 8. The van der Waals surface area contributed by atoms with Crippen molar-refractivity contribution in [3.05, 3.63) is 69.8 Å². The quantitative estimate of drug-likeness (QED) is 0.410. The van der Waals surface area contributed by atoms with E-state index in [-0.39, 0.29) is 29.8 Å². The summed E-state index contributed by atoms with van der Waals surface area (Å²) in [4.78, 5) is 33.5. The third kappa shape index (κ3) is 6.52. The lowest BCUT2D eigenvalue weighted by Crippen LogP contribution is -2.34. The SMILES string of the molecule is CC(C)NC(=O)COc1ccc(/C=N/NC(=O)c2ccc([N+](=O)[O-])cc2)cc1. The van der Waals surface area contributed by atoms with Crippen molar-refractivity contribution >= 4 is 23.7 Å². The van der Waals surface area contributed by atoms with Gasteiger partial charge in [-0.05, 0) is 55.8 Å². The summed E-state index contributed by atoms with van der Waals surface area (Å²) < 4.78 is 5.38. The van der Waals surface area contributed by atoms with E-state index in [1.54, 1.807) is 24.3 Å². The number of hydrogen-bond acceptors (Lipinski definition) is 6. The number of nitrogens with zero attached hydrogens (tertiary/aromatic N) is 2. The van der Waals surface area contributed by atoms with Gasteiger partial charge in [0.15, 0.2) is 6.61 Å². The monoisotopic (exact) mass is 384 g/mol. The number of benzene rings is 2. The number of nitro benzene ring substituents is 1. The van der Waals surface area contributed by atoms with Gasteiger partial charge >= 0.3 is 0 Å². The van der Waals surface area contributed by atoms with E-state index in [0.29, 0.717) is 11.3 Å². The lowest BCUT2D eigenvalue weighted by atomic mass is 10.2. The molecule has 0 saturated heterocycles. The Labute approximate surface area is 161 Å². The highest BCUT2D eigenvalue weighted by atomic mass is 16.6. The van der Waals surface area contributed by atoms with E-state index in [4.69, 9.17) is 4.74 Å². The highest BCUT2D eigenvalue weighted by Crippen LogP contribution is 2.12. The molecule has 0 aliphatic rings. The molecular weight excluding hydrogens is 364 g/mol. The summed E-state index contributed by atoms with van der Waals surface area (Å²) in [6.45, 7) is 3.66. The maximum absolute atomic E-state index is 11.9. The molecule has 0 spiro atoms. The second kappa shape index (κ2) is 9.81. The van der Waals surface area contributed by atoms with Crippen LogP contribution >= 0.6 is 0 Å².